The first kappa shape index (κ1) is 9.06. The first-order valence-electron chi connectivity index (χ1n) is 4.51. The average Bonchev–Trinajstić information content (AvgIpc) is 2.84. The van der Waals surface area contributed by atoms with Gasteiger partial charge in [0.05, 0.1) is 6.04 Å². The number of hydrogen-bond donors (Lipinski definition) is 2. The number of halogens is 1. The Morgan fingerprint density at radius 1 is 1.62 bits per heavy atom. The van der Waals surface area contributed by atoms with Gasteiger partial charge in [-0.05, 0) is 36.1 Å². The molecule has 1 heterocycles. The van der Waals surface area contributed by atoms with Crippen LogP contribution in [0.25, 0.3) is 0 Å². The molecule has 3 nitrogen and oxygen atoms in total. The molecule has 2 rings (SSSR count). The number of rotatable bonds is 4. The number of furan rings is 1. The molecule has 0 radical (unpaired) electrons. The lowest BCUT2D eigenvalue weighted by atomic mass is 10.1. The van der Waals surface area contributed by atoms with Gasteiger partial charge in [-0.2, -0.15) is 0 Å². The summed E-state index contributed by atoms with van der Waals surface area (Å²) in [5.41, 5.74) is 2.75. The van der Waals surface area contributed by atoms with E-state index in [1.807, 2.05) is 6.07 Å². The Bertz CT molecular complexity index is 283. The highest BCUT2D eigenvalue weighted by molar-refractivity contribution is 6.28. The summed E-state index contributed by atoms with van der Waals surface area (Å²) in [6.07, 6.45) is 3.67. The van der Waals surface area contributed by atoms with Gasteiger partial charge in [0.25, 0.3) is 0 Å². The van der Waals surface area contributed by atoms with E-state index in [9.17, 15) is 0 Å². The van der Waals surface area contributed by atoms with E-state index in [-0.39, 0.29) is 6.04 Å². The van der Waals surface area contributed by atoms with Crippen molar-refractivity contribution in [3.05, 3.63) is 23.1 Å². The minimum Gasteiger partial charge on any atom is -0.448 e. The van der Waals surface area contributed by atoms with Crippen molar-refractivity contribution in [3.63, 3.8) is 0 Å². The maximum atomic E-state index is 5.68. The lowest BCUT2D eigenvalue weighted by Gasteiger charge is -2.11. The Morgan fingerprint density at radius 3 is 2.85 bits per heavy atom. The maximum absolute atomic E-state index is 5.68. The molecule has 3 N–H and O–H groups in total. The lowest BCUT2D eigenvalue weighted by molar-refractivity contribution is 0.389. The highest BCUT2D eigenvalue weighted by atomic mass is 35.5. The van der Waals surface area contributed by atoms with Crippen LogP contribution in [0.4, 0.5) is 0 Å². The molecule has 0 spiro atoms. The standard InChI is InChI=1S/C9H13ClN2O/c10-9-4-3-8(13-9)7(12-11)5-6-1-2-6/h3-4,6-7,12H,1-2,5,11H2. The molecule has 1 atom stereocenters. The van der Waals surface area contributed by atoms with Gasteiger partial charge in [-0.25, -0.2) is 5.43 Å². The molecule has 1 fully saturated rings. The van der Waals surface area contributed by atoms with Crippen molar-refractivity contribution >= 4 is 11.6 Å². The fourth-order valence-electron chi connectivity index (χ4n) is 1.47. The molecule has 1 aliphatic carbocycles. The molecule has 1 unspecified atom stereocenters. The van der Waals surface area contributed by atoms with Gasteiger partial charge < -0.3 is 4.42 Å². The molecule has 0 bridgehead atoms. The van der Waals surface area contributed by atoms with E-state index in [4.69, 9.17) is 21.9 Å². The van der Waals surface area contributed by atoms with E-state index in [0.29, 0.717) is 5.22 Å². The monoisotopic (exact) mass is 200 g/mol. The summed E-state index contributed by atoms with van der Waals surface area (Å²) in [5.74, 6) is 7.08. The SMILES string of the molecule is NNC(CC1CC1)c1ccc(Cl)o1. The van der Waals surface area contributed by atoms with Gasteiger partial charge in [-0.15, -0.1) is 0 Å². The molecule has 1 aromatic rings. The third-order valence-corrected chi connectivity index (χ3v) is 2.61. The number of hydrazine groups is 1. The summed E-state index contributed by atoms with van der Waals surface area (Å²) >= 11 is 5.68. The summed E-state index contributed by atoms with van der Waals surface area (Å²) in [4.78, 5) is 0. The summed E-state index contributed by atoms with van der Waals surface area (Å²) in [7, 11) is 0. The van der Waals surface area contributed by atoms with Gasteiger partial charge in [0.2, 0.25) is 0 Å². The van der Waals surface area contributed by atoms with E-state index in [0.717, 1.165) is 18.1 Å². The molecular formula is C9H13ClN2O. The van der Waals surface area contributed by atoms with E-state index in [1.165, 1.54) is 12.8 Å². The van der Waals surface area contributed by atoms with E-state index in [1.54, 1.807) is 6.07 Å². The van der Waals surface area contributed by atoms with Crippen molar-refractivity contribution in [2.75, 3.05) is 0 Å². The fraction of sp³-hybridized carbons (Fsp3) is 0.556. The van der Waals surface area contributed by atoms with Crippen LogP contribution in [0.15, 0.2) is 16.5 Å². The predicted molar refractivity (Wildman–Crippen MR) is 51.1 cm³/mol. The summed E-state index contributed by atoms with van der Waals surface area (Å²) in [6.45, 7) is 0. The maximum Gasteiger partial charge on any atom is 0.193 e. The molecule has 4 heteroatoms. The molecule has 0 aromatic carbocycles. The third kappa shape index (κ3) is 2.24. The largest absolute Gasteiger partial charge is 0.448 e. The summed E-state index contributed by atoms with van der Waals surface area (Å²) in [6, 6.07) is 3.73. The molecule has 72 valence electrons. The van der Waals surface area contributed by atoms with Crippen LogP contribution in [0, 0.1) is 5.92 Å². The normalized spacial score (nSPS) is 18.9. The van der Waals surface area contributed by atoms with Crippen molar-refractivity contribution < 1.29 is 4.42 Å². The Kier molecular flexibility index (Phi) is 2.58. The topological polar surface area (TPSA) is 51.2 Å². The van der Waals surface area contributed by atoms with Gasteiger partial charge in [-0.3, -0.25) is 5.84 Å². The Labute approximate surface area is 82.2 Å². The second kappa shape index (κ2) is 3.70. The zero-order valence-corrected chi connectivity index (χ0v) is 8.05. The van der Waals surface area contributed by atoms with Crippen LogP contribution >= 0.6 is 11.6 Å². The number of hydrogen-bond acceptors (Lipinski definition) is 3. The Balaban J connectivity index is 2.01. The molecule has 0 aliphatic heterocycles. The van der Waals surface area contributed by atoms with Gasteiger partial charge in [-0.1, -0.05) is 12.8 Å². The fourth-order valence-corrected chi connectivity index (χ4v) is 1.62. The Morgan fingerprint density at radius 2 is 2.38 bits per heavy atom. The van der Waals surface area contributed by atoms with Crippen LogP contribution in [0.2, 0.25) is 5.22 Å². The lowest BCUT2D eigenvalue weighted by Crippen LogP contribution is -2.28. The third-order valence-electron chi connectivity index (χ3n) is 2.40. The quantitative estimate of drug-likeness (QED) is 0.579. The van der Waals surface area contributed by atoms with Crippen molar-refractivity contribution in [1.29, 1.82) is 0 Å². The number of nitrogens with two attached hydrogens (primary N) is 1. The van der Waals surface area contributed by atoms with Crippen molar-refractivity contribution in [2.45, 2.75) is 25.3 Å². The molecule has 1 aliphatic rings. The first-order valence-corrected chi connectivity index (χ1v) is 4.88. The minimum absolute atomic E-state index is 0.111. The van der Waals surface area contributed by atoms with Crippen molar-refractivity contribution in [1.82, 2.24) is 5.43 Å². The van der Waals surface area contributed by atoms with Crippen molar-refractivity contribution in [3.8, 4) is 0 Å². The van der Waals surface area contributed by atoms with Crippen LogP contribution in [-0.4, -0.2) is 0 Å². The molecule has 13 heavy (non-hydrogen) atoms. The molecule has 1 aromatic heterocycles. The highest BCUT2D eigenvalue weighted by Gasteiger charge is 2.27. The van der Waals surface area contributed by atoms with Crippen LogP contribution in [0.1, 0.15) is 31.1 Å². The van der Waals surface area contributed by atoms with Crippen LogP contribution < -0.4 is 11.3 Å². The predicted octanol–water partition coefficient (Wildman–Crippen LogP) is 2.24. The summed E-state index contributed by atoms with van der Waals surface area (Å²) < 4.78 is 5.29. The second-order valence-electron chi connectivity index (χ2n) is 3.54. The van der Waals surface area contributed by atoms with Gasteiger partial charge in [0.15, 0.2) is 5.22 Å². The van der Waals surface area contributed by atoms with Crippen LogP contribution in [-0.2, 0) is 0 Å². The molecule has 1 saturated carbocycles. The Hall–Kier alpha value is -0.510. The van der Waals surface area contributed by atoms with E-state index >= 15 is 0 Å². The number of nitrogens with one attached hydrogen (secondary N) is 1. The van der Waals surface area contributed by atoms with Crippen molar-refractivity contribution in [2.24, 2.45) is 11.8 Å². The zero-order valence-electron chi connectivity index (χ0n) is 7.29. The minimum atomic E-state index is 0.111. The summed E-state index contributed by atoms with van der Waals surface area (Å²) in [5, 5.41) is 0.422. The molecular weight excluding hydrogens is 188 g/mol. The second-order valence-corrected chi connectivity index (χ2v) is 3.91. The average molecular weight is 201 g/mol. The highest BCUT2D eigenvalue weighted by Crippen LogP contribution is 2.37. The van der Waals surface area contributed by atoms with E-state index in [2.05, 4.69) is 5.43 Å². The van der Waals surface area contributed by atoms with Gasteiger partial charge in [0, 0.05) is 0 Å². The van der Waals surface area contributed by atoms with Crippen LogP contribution in [0.5, 0.6) is 0 Å². The molecule has 0 saturated heterocycles. The van der Waals surface area contributed by atoms with Gasteiger partial charge in [0.1, 0.15) is 5.76 Å². The molecule has 0 amide bonds. The van der Waals surface area contributed by atoms with E-state index < -0.39 is 0 Å². The zero-order chi connectivity index (χ0) is 9.26. The smallest absolute Gasteiger partial charge is 0.193 e. The van der Waals surface area contributed by atoms with Crippen LogP contribution in [0.3, 0.4) is 0 Å². The van der Waals surface area contributed by atoms with Gasteiger partial charge >= 0.3 is 0 Å². The first-order chi connectivity index (χ1) is 6.29.